The standard InChI is InChI=1S/C23H21NO4/c1-16(28-23(27)21(25)18-12-6-3-7-13-18)22(26)24-20-15-9-8-14-19(20)17-10-4-2-5-11-17/h2-16,21,25H,1H3,(H,24,26)/t16-,21-/m1/s1. The summed E-state index contributed by atoms with van der Waals surface area (Å²) in [6.07, 6.45) is -2.50. The molecular weight excluding hydrogens is 354 g/mol. The number of para-hydroxylation sites is 1. The first-order chi connectivity index (χ1) is 13.6. The van der Waals surface area contributed by atoms with Crippen LogP contribution in [-0.4, -0.2) is 23.1 Å². The number of hydrogen-bond donors (Lipinski definition) is 2. The number of ether oxygens (including phenoxy) is 1. The molecule has 5 nitrogen and oxygen atoms in total. The Balaban J connectivity index is 1.68. The Morgan fingerprint density at radius 1 is 0.857 bits per heavy atom. The number of anilines is 1. The number of aliphatic hydroxyl groups excluding tert-OH is 1. The number of hydrogen-bond acceptors (Lipinski definition) is 4. The van der Waals surface area contributed by atoms with Crippen LogP contribution in [0.15, 0.2) is 84.9 Å². The molecule has 0 saturated carbocycles. The van der Waals surface area contributed by atoms with Gasteiger partial charge < -0.3 is 15.2 Å². The first kappa shape index (κ1) is 19.3. The van der Waals surface area contributed by atoms with Gasteiger partial charge in [0.1, 0.15) is 0 Å². The lowest BCUT2D eigenvalue weighted by Gasteiger charge is -2.17. The molecule has 5 heteroatoms. The fraction of sp³-hybridized carbons (Fsp3) is 0.130. The fourth-order valence-corrected chi connectivity index (χ4v) is 2.76. The molecule has 2 atom stereocenters. The predicted molar refractivity (Wildman–Crippen MR) is 107 cm³/mol. The molecular formula is C23H21NO4. The molecule has 0 unspecified atom stereocenters. The van der Waals surface area contributed by atoms with Crippen LogP contribution in [0.25, 0.3) is 11.1 Å². The van der Waals surface area contributed by atoms with Crippen molar-refractivity contribution in [1.82, 2.24) is 0 Å². The molecule has 0 heterocycles. The maximum absolute atomic E-state index is 12.5. The first-order valence-electron chi connectivity index (χ1n) is 8.95. The third kappa shape index (κ3) is 4.64. The summed E-state index contributed by atoms with van der Waals surface area (Å²) in [6.45, 7) is 1.47. The average Bonchev–Trinajstić information content (AvgIpc) is 2.74. The van der Waals surface area contributed by atoms with E-state index in [2.05, 4.69) is 5.32 Å². The summed E-state index contributed by atoms with van der Waals surface area (Å²) < 4.78 is 5.15. The number of rotatable bonds is 6. The molecule has 0 aliphatic rings. The van der Waals surface area contributed by atoms with Gasteiger partial charge in [-0.2, -0.15) is 0 Å². The van der Waals surface area contributed by atoms with Crippen molar-refractivity contribution in [3.05, 3.63) is 90.5 Å². The Labute approximate surface area is 163 Å². The smallest absolute Gasteiger partial charge is 0.340 e. The molecule has 0 aliphatic heterocycles. The molecule has 0 aromatic heterocycles. The molecule has 2 N–H and O–H groups in total. The molecule has 1 amide bonds. The van der Waals surface area contributed by atoms with E-state index in [4.69, 9.17) is 4.74 Å². The van der Waals surface area contributed by atoms with Crippen molar-refractivity contribution in [1.29, 1.82) is 0 Å². The molecule has 3 aromatic rings. The number of carbonyl (C=O) groups excluding carboxylic acids is 2. The van der Waals surface area contributed by atoms with Crippen LogP contribution in [0.5, 0.6) is 0 Å². The molecule has 0 saturated heterocycles. The quantitative estimate of drug-likeness (QED) is 0.640. The van der Waals surface area contributed by atoms with E-state index in [1.807, 2.05) is 48.5 Å². The third-order valence-corrected chi connectivity index (χ3v) is 4.27. The molecule has 28 heavy (non-hydrogen) atoms. The van der Waals surface area contributed by atoms with Crippen molar-refractivity contribution in [2.45, 2.75) is 19.1 Å². The number of esters is 1. The summed E-state index contributed by atoms with van der Waals surface area (Å²) >= 11 is 0. The van der Waals surface area contributed by atoms with Crippen LogP contribution < -0.4 is 5.32 Å². The van der Waals surface area contributed by atoms with E-state index in [0.29, 0.717) is 11.3 Å². The molecule has 0 spiro atoms. The Bertz CT molecular complexity index is 941. The minimum Gasteiger partial charge on any atom is -0.450 e. The lowest BCUT2D eigenvalue weighted by Crippen LogP contribution is -2.32. The van der Waals surface area contributed by atoms with Crippen molar-refractivity contribution < 1.29 is 19.4 Å². The summed E-state index contributed by atoms with van der Waals surface area (Å²) in [5, 5.41) is 12.9. The van der Waals surface area contributed by atoms with Crippen molar-refractivity contribution in [2.24, 2.45) is 0 Å². The Morgan fingerprint density at radius 2 is 1.43 bits per heavy atom. The van der Waals surface area contributed by atoms with Gasteiger partial charge in [-0.3, -0.25) is 4.79 Å². The van der Waals surface area contributed by atoms with E-state index in [1.54, 1.807) is 36.4 Å². The van der Waals surface area contributed by atoms with E-state index >= 15 is 0 Å². The minimum absolute atomic E-state index is 0.412. The second-order valence-electron chi connectivity index (χ2n) is 6.29. The number of aliphatic hydroxyl groups is 1. The van der Waals surface area contributed by atoms with E-state index in [1.165, 1.54) is 6.92 Å². The van der Waals surface area contributed by atoms with Gasteiger partial charge in [-0.1, -0.05) is 78.9 Å². The topological polar surface area (TPSA) is 75.6 Å². The van der Waals surface area contributed by atoms with Gasteiger partial charge in [-0.15, -0.1) is 0 Å². The zero-order valence-electron chi connectivity index (χ0n) is 15.4. The van der Waals surface area contributed by atoms with Gasteiger partial charge in [0, 0.05) is 11.3 Å². The van der Waals surface area contributed by atoms with Gasteiger partial charge in [0.25, 0.3) is 5.91 Å². The average molecular weight is 375 g/mol. The van der Waals surface area contributed by atoms with Gasteiger partial charge in [-0.25, -0.2) is 4.79 Å². The predicted octanol–water partition coefficient (Wildman–Crippen LogP) is 3.96. The van der Waals surface area contributed by atoms with Crippen LogP contribution in [0.3, 0.4) is 0 Å². The highest BCUT2D eigenvalue weighted by molar-refractivity contribution is 5.98. The summed E-state index contributed by atoms with van der Waals surface area (Å²) in [7, 11) is 0. The summed E-state index contributed by atoms with van der Waals surface area (Å²) in [5.41, 5.74) is 2.85. The molecule has 0 radical (unpaired) electrons. The molecule has 142 valence electrons. The Hall–Kier alpha value is -3.44. The van der Waals surface area contributed by atoms with Crippen LogP contribution in [0, 0.1) is 0 Å². The lowest BCUT2D eigenvalue weighted by molar-refractivity contribution is -0.162. The van der Waals surface area contributed by atoms with Gasteiger partial charge in [0.2, 0.25) is 0 Å². The Kier molecular flexibility index (Phi) is 6.19. The molecule has 0 aliphatic carbocycles. The fourth-order valence-electron chi connectivity index (χ4n) is 2.76. The Morgan fingerprint density at radius 3 is 2.11 bits per heavy atom. The largest absolute Gasteiger partial charge is 0.450 e. The van der Waals surface area contributed by atoms with Gasteiger partial charge in [0.15, 0.2) is 12.2 Å². The van der Waals surface area contributed by atoms with E-state index in [0.717, 1.165) is 11.1 Å². The maximum Gasteiger partial charge on any atom is 0.340 e. The highest BCUT2D eigenvalue weighted by Crippen LogP contribution is 2.27. The van der Waals surface area contributed by atoms with Crippen LogP contribution in [0.2, 0.25) is 0 Å². The number of benzene rings is 3. The summed E-state index contributed by atoms with van der Waals surface area (Å²) in [6, 6.07) is 25.5. The van der Waals surface area contributed by atoms with E-state index < -0.39 is 24.1 Å². The summed E-state index contributed by atoms with van der Waals surface area (Å²) in [4.78, 5) is 24.7. The number of nitrogens with one attached hydrogen (secondary N) is 1. The van der Waals surface area contributed by atoms with Gasteiger partial charge >= 0.3 is 5.97 Å². The van der Waals surface area contributed by atoms with Gasteiger partial charge in [-0.05, 0) is 24.1 Å². The van der Waals surface area contributed by atoms with Crippen molar-refractivity contribution in [3.63, 3.8) is 0 Å². The van der Waals surface area contributed by atoms with E-state index in [-0.39, 0.29) is 0 Å². The molecule has 0 fully saturated rings. The van der Waals surface area contributed by atoms with Crippen molar-refractivity contribution in [2.75, 3.05) is 5.32 Å². The van der Waals surface area contributed by atoms with Crippen LogP contribution in [0.1, 0.15) is 18.6 Å². The van der Waals surface area contributed by atoms with Crippen LogP contribution in [-0.2, 0) is 14.3 Å². The normalized spacial score (nSPS) is 12.6. The highest BCUT2D eigenvalue weighted by Gasteiger charge is 2.24. The van der Waals surface area contributed by atoms with Crippen LogP contribution in [0.4, 0.5) is 5.69 Å². The third-order valence-electron chi connectivity index (χ3n) is 4.27. The van der Waals surface area contributed by atoms with Gasteiger partial charge in [0.05, 0.1) is 0 Å². The second kappa shape index (κ2) is 8.97. The molecule has 3 rings (SSSR count). The molecule has 0 bridgehead atoms. The van der Waals surface area contributed by atoms with Crippen molar-refractivity contribution in [3.8, 4) is 11.1 Å². The van der Waals surface area contributed by atoms with Crippen LogP contribution >= 0.6 is 0 Å². The highest BCUT2D eigenvalue weighted by atomic mass is 16.6. The zero-order valence-corrected chi connectivity index (χ0v) is 15.4. The number of carbonyl (C=O) groups is 2. The SMILES string of the molecule is C[C@@H](OC(=O)[C@H](O)c1ccccc1)C(=O)Nc1ccccc1-c1ccccc1. The summed E-state index contributed by atoms with van der Waals surface area (Å²) in [5.74, 6) is -1.35. The minimum atomic E-state index is -1.44. The lowest BCUT2D eigenvalue weighted by atomic mass is 10.0. The van der Waals surface area contributed by atoms with Crippen molar-refractivity contribution >= 4 is 17.6 Å². The monoisotopic (exact) mass is 375 g/mol. The first-order valence-corrected chi connectivity index (χ1v) is 8.95. The maximum atomic E-state index is 12.5. The molecule has 3 aromatic carbocycles. The zero-order chi connectivity index (χ0) is 19.9. The number of amides is 1. The second-order valence-corrected chi connectivity index (χ2v) is 6.29. The van der Waals surface area contributed by atoms with E-state index in [9.17, 15) is 14.7 Å².